The molecule has 0 aliphatic rings. The molecule has 0 spiro atoms. The molecule has 2 N–H and O–H groups in total. The molecule has 0 saturated heterocycles. The third-order valence-electron chi connectivity index (χ3n) is 3.13. The zero-order valence-electron chi connectivity index (χ0n) is 13.4. The molecule has 24 heavy (non-hydrogen) atoms. The van der Waals surface area contributed by atoms with Gasteiger partial charge in [0.05, 0.1) is 11.8 Å². The minimum absolute atomic E-state index is 0.189. The Kier molecular flexibility index (Phi) is 5.73. The molecule has 1 heterocycles. The Morgan fingerprint density at radius 1 is 1.17 bits per heavy atom. The third kappa shape index (κ3) is 4.45. The quantitative estimate of drug-likeness (QED) is 0.791. The lowest BCUT2D eigenvalue weighted by Crippen LogP contribution is -2.35. The van der Waals surface area contributed by atoms with E-state index >= 15 is 0 Å². The topological polar surface area (TPSA) is 97.6 Å². The van der Waals surface area contributed by atoms with E-state index in [1.165, 1.54) is 25.3 Å². The highest BCUT2D eigenvalue weighted by molar-refractivity contribution is 6.02. The first-order valence-electron chi connectivity index (χ1n) is 7.45. The van der Waals surface area contributed by atoms with Crippen molar-refractivity contribution in [2.75, 3.05) is 11.9 Å². The summed E-state index contributed by atoms with van der Waals surface area (Å²) < 4.78 is 10.1. The number of nitrogens with one attached hydrogen (secondary N) is 2. The lowest BCUT2D eigenvalue weighted by Gasteiger charge is -2.12. The summed E-state index contributed by atoms with van der Waals surface area (Å²) in [7, 11) is 0. The van der Waals surface area contributed by atoms with E-state index in [1.54, 1.807) is 31.2 Å². The van der Waals surface area contributed by atoms with E-state index in [4.69, 9.17) is 9.15 Å². The van der Waals surface area contributed by atoms with E-state index in [1.807, 2.05) is 0 Å². The predicted octanol–water partition coefficient (Wildman–Crippen LogP) is 2.21. The second kappa shape index (κ2) is 7.96. The van der Waals surface area contributed by atoms with Crippen LogP contribution < -0.4 is 10.6 Å². The first kappa shape index (κ1) is 17.3. The maximum Gasteiger partial charge on any atom is 0.338 e. The molecule has 0 aliphatic carbocycles. The highest BCUT2D eigenvalue weighted by atomic mass is 16.5. The van der Waals surface area contributed by atoms with Crippen LogP contribution in [-0.2, 0) is 9.53 Å². The number of anilines is 1. The van der Waals surface area contributed by atoms with Gasteiger partial charge >= 0.3 is 5.97 Å². The van der Waals surface area contributed by atoms with Gasteiger partial charge in [-0.15, -0.1) is 0 Å². The Balaban J connectivity index is 1.95. The molecule has 1 atom stereocenters. The molecule has 0 aliphatic heterocycles. The van der Waals surface area contributed by atoms with Crippen LogP contribution >= 0.6 is 0 Å². The average Bonchev–Trinajstić information content (AvgIpc) is 3.10. The molecule has 126 valence electrons. The van der Waals surface area contributed by atoms with Crippen LogP contribution in [0.5, 0.6) is 0 Å². The van der Waals surface area contributed by atoms with E-state index in [-0.39, 0.29) is 23.1 Å². The Morgan fingerprint density at radius 2 is 1.88 bits per heavy atom. The van der Waals surface area contributed by atoms with Crippen LogP contribution in [0.2, 0.25) is 0 Å². The molecular weight excluding hydrogens is 312 g/mol. The summed E-state index contributed by atoms with van der Waals surface area (Å²) in [4.78, 5) is 35.4. The van der Waals surface area contributed by atoms with Crippen molar-refractivity contribution in [3.05, 3.63) is 54.0 Å². The molecule has 2 rings (SSSR count). The molecule has 7 nitrogen and oxygen atoms in total. The van der Waals surface area contributed by atoms with Crippen LogP contribution in [-0.4, -0.2) is 30.4 Å². The number of likely N-dealkylation sites (N-methyl/N-ethyl adjacent to an activating group) is 1. The second-order valence-corrected chi connectivity index (χ2v) is 4.95. The maximum absolute atomic E-state index is 12.0. The van der Waals surface area contributed by atoms with Gasteiger partial charge in [-0.2, -0.15) is 0 Å². The molecule has 0 radical (unpaired) electrons. The van der Waals surface area contributed by atoms with Gasteiger partial charge in [0.25, 0.3) is 11.8 Å². The molecular formula is C17H18N2O5. The molecule has 7 heteroatoms. The van der Waals surface area contributed by atoms with Crippen molar-refractivity contribution in [1.82, 2.24) is 5.32 Å². The molecule has 0 bridgehead atoms. The van der Waals surface area contributed by atoms with Crippen LogP contribution in [0.1, 0.15) is 34.8 Å². The van der Waals surface area contributed by atoms with Gasteiger partial charge in [0.2, 0.25) is 0 Å². The zero-order valence-corrected chi connectivity index (χ0v) is 13.4. The van der Waals surface area contributed by atoms with Crippen molar-refractivity contribution < 1.29 is 23.5 Å². The summed E-state index contributed by atoms with van der Waals surface area (Å²) in [6.45, 7) is 3.74. The summed E-state index contributed by atoms with van der Waals surface area (Å²) in [6.07, 6.45) is 0.528. The molecule has 1 aromatic carbocycles. The molecule has 2 aromatic rings. The van der Waals surface area contributed by atoms with Crippen molar-refractivity contribution in [1.29, 1.82) is 0 Å². The van der Waals surface area contributed by atoms with Crippen molar-refractivity contribution >= 4 is 23.5 Å². The van der Waals surface area contributed by atoms with Crippen LogP contribution in [0, 0.1) is 0 Å². The van der Waals surface area contributed by atoms with E-state index < -0.39 is 12.1 Å². The summed E-state index contributed by atoms with van der Waals surface area (Å²) in [6, 6.07) is 9.30. The largest absolute Gasteiger partial charge is 0.459 e. The minimum atomic E-state index is -0.879. The van der Waals surface area contributed by atoms with Gasteiger partial charge < -0.3 is 19.8 Å². The number of hydrogen-bond donors (Lipinski definition) is 2. The minimum Gasteiger partial charge on any atom is -0.459 e. The Hall–Kier alpha value is -3.09. The van der Waals surface area contributed by atoms with Crippen molar-refractivity contribution in [3.8, 4) is 0 Å². The van der Waals surface area contributed by atoms with E-state index in [9.17, 15) is 14.4 Å². The summed E-state index contributed by atoms with van der Waals surface area (Å²) >= 11 is 0. The van der Waals surface area contributed by atoms with E-state index in [0.29, 0.717) is 12.2 Å². The average molecular weight is 330 g/mol. The van der Waals surface area contributed by atoms with E-state index in [2.05, 4.69) is 10.6 Å². The number of amides is 2. The number of benzene rings is 1. The smallest absolute Gasteiger partial charge is 0.338 e. The number of esters is 1. The Bertz CT molecular complexity index is 707. The Morgan fingerprint density at radius 3 is 2.46 bits per heavy atom. The zero-order chi connectivity index (χ0) is 17.5. The number of ether oxygens (including phenoxy) is 1. The first-order chi connectivity index (χ1) is 11.5. The van der Waals surface area contributed by atoms with Crippen LogP contribution in [0.15, 0.2) is 47.1 Å². The lowest BCUT2D eigenvalue weighted by molar-refractivity contribution is -0.128. The number of carbonyl (C=O) groups excluding carboxylic acids is 3. The monoisotopic (exact) mass is 330 g/mol. The van der Waals surface area contributed by atoms with Gasteiger partial charge in [-0.3, -0.25) is 9.59 Å². The molecule has 1 aromatic heterocycles. The number of rotatable bonds is 6. The van der Waals surface area contributed by atoms with Crippen LogP contribution in [0.4, 0.5) is 5.69 Å². The van der Waals surface area contributed by atoms with Gasteiger partial charge in [-0.05, 0) is 50.2 Å². The molecule has 0 fully saturated rings. The van der Waals surface area contributed by atoms with E-state index in [0.717, 1.165) is 0 Å². The highest BCUT2D eigenvalue weighted by Gasteiger charge is 2.18. The van der Waals surface area contributed by atoms with Crippen molar-refractivity contribution in [2.45, 2.75) is 20.0 Å². The van der Waals surface area contributed by atoms with Crippen molar-refractivity contribution in [3.63, 3.8) is 0 Å². The van der Waals surface area contributed by atoms with Gasteiger partial charge in [0.1, 0.15) is 0 Å². The van der Waals surface area contributed by atoms with Gasteiger partial charge in [-0.25, -0.2) is 4.79 Å². The third-order valence-corrected chi connectivity index (χ3v) is 3.13. The summed E-state index contributed by atoms with van der Waals surface area (Å²) in [5, 5.41) is 5.21. The lowest BCUT2D eigenvalue weighted by atomic mass is 10.2. The normalized spacial score (nSPS) is 11.4. The van der Waals surface area contributed by atoms with Crippen LogP contribution in [0.25, 0.3) is 0 Å². The number of furan rings is 1. The highest BCUT2D eigenvalue weighted by Crippen LogP contribution is 2.13. The standard InChI is InChI=1S/C17H18N2O5/c1-3-18-15(20)11(2)24-17(22)12-6-8-13(9-7-12)19-16(21)14-5-4-10-23-14/h4-11H,3H2,1-2H3,(H,18,20)(H,19,21)/t11-/m1/s1. The van der Waals surface area contributed by atoms with Crippen LogP contribution in [0.3, 0.4) is 0 Å². The molecule has 0 saturated carbocycles. The predicted molar refractivity (Wildman–Crippen MR) is 86.7 cm³/mol. The van der Waals surface area contributed by atoms with Crippen molar-refractivity contribution in [2.24, 2.45) is 0 Å². The summed E-state index contributed by atoms with van der Waals surface area (Å²) in [5.74, 6) is -1.17. The fourth-order valence-electron chi connectivity index (χ4n) is 1.89. The number of carbonyl (C=O) groups is 3. The molecule has 0 unspecified atom stereocenters. The maximum atomic E-state index is 12.0. The second-order valence-electron chi connectivity index (χ2n) is 4.95. The first-order valence-corrected chi connectivity index (χ1v) is 7.45. The number of hydrogen-bond acceptors (Lipinski definition) is 5. The Labute approximate surface area is 139 Å². The fraction of sp³-hybridized carbons (Fsp3) is 0.235. The van der Waals surface area contributed by atoms with Gasteiger partial charge in [0.15, 0.2) is 11.9 Å². The fourth-order valence-corrected chi connectivity index (χ4v) is 1.89. The SMILES string of the molecule is CCNC(=O)[C@@H](C)OC(=O)c1ccc(NC(=O)c2ccco2)cc1. The van der Waals surface area contributed by atoms with Gasteiger partial charge in [-0.1, -0.05) is 0 Å². The van der Waals surface area contributed by atoms with Gasteiger partial charge in [0, 0.05) is 12.2 Å². The summed E-state index contributed by atoms with van der Waals surface area (Å²) in [5.41, 5.74) is 0.784. The molecule has 2 amide bonds.